The average molecular weight is 230 g/mol. The molecule has 0 unspecified atom stereocenters. The molecule has 2 N–H and O–H groups in total. The third kappa shape index (κ3) is 4.08. The number of ether oxygens (including phenoxy) is 1. The van der Waals surface area contributed by atoms with Gasteiger partial charge >= 0.3 is 0 Å². The molecule has 0 saturated carbocycles. The zero-order valence-corrected chi connectivity index (χ0v) is 9.71. The standard InChI is InChI=1S/C11H16ClNO2/c1-8-5-10(3-4-11(8)12)15-7-9(14)6-13-2/h3-5,9,13-14H,6-7H2,1-2H3/t9-/m1/s1. The largest absolute Gasteiger partial charge is 0.491 e. The lowest BCUT2D eigenvalue weighted by molar-refractivity contribution is 0.108. The number of rotatable bonds is 5. The zero-order chi connectivity index (χ0) is 11.3. The minimum atomic E-state index is -0.494. The predicted octanol–water partition coefficient (Wildman–Crippen LogP) is 1.61. The van der Waals surface area contributed by atoms with Gasteiger partial charge in [0.1, 0.15) is 18.5 Å². The van der Waals surface area contributed by atoms with Crippen LogP contribution in [-0.2, 0) is 0 Å². The van der Waals surface area contributed by atoms with E-state index in [9.17, 15) is 5.11 Å². The second kappa shape index (κ2) is 5.95. The van der Waals surface area contributed by atoms with Gasteiger partial charge in [-0.3, -0.25) is 0 Å². The monoisotopic (exact) mass is 229 g/mol. The summed E-state index contributed by atoms with van der Waals surface area (Å²) in [7, 11) is 1.79. The van der Waals surface area contributed by atoms with Gasteiger partial charge in [0, 0.05) is 11.6 Å². The number of aliphatic hydroxyl groups excluding tert-OH is 1. The van der Waals surface area contributed by atoms with Gasteiger partial charge in [-0.15, -0.1) is 0 Å². The van der Waals surface area contributed by atoms with Crippen molar-refractivity contribution >= 4 is 11.6 Å². The summed E-state index contributed by atoms with van der Waals surface area (Å²) < 4.78 is 5.41. The highest BCUT2D eigenvalue weighted by Crippen LogP contribution is 2.20. The molecule has 0 radical (unpaired) electrons. The van der Waals surface area contributed by atoms with Crippen molar-refractivity contribution in [1.82, 2.24) is 5.32 Å². The fourth-order valence-corrected chi connectivity index (χ4v) is 1.31. The van der Waals surface area contributed by atoms with E-state index in [4.69, 9.17) is 16.3 Å². The third-order valence-electron chi connectivity index (χ3n) is 2.01. The Balaban J connectivity index is 2.47. The lowest BCUT2D eigenvalue weighted by Crippen LogP contribution is -2.29. The topological polar surface area (TPSA) is 41.5 Å². The van der Waals surface area contributed by atoms with Gasteiger partial charge in [-0.05, 0) is 37.7 Å². The summed E-state index contributed by atoms with van der Waals surface area (Å²) in [6.45, 7) is 2.72. The predicted molar refractivity (Wildman–Crippen MR) is 61.6 cm³/mol. The van der Waals surface area contributed by atoms with Crippen molar-refractivity contribution in [3.8, 4) is 5.75 Å². The van der Waals surface area contributed by atoms with E-state index in [2.05, 4.69) is 5.32 Å². The Labute approximate surface area is 95.0 Å². The van der Waals surface area contributed by atoms with Crippen LogP contribution in [0.25, 0.3) is 0 Å². The van der Waals surface area contributed by atoms with Crippen LogP contribution in [0, 0.1) is 6.92 Å². The Morgan fingerprint density at radius 3 is 2.87 bits per heavy atom. The second-order valence-electron chi connectivity index (χ2n) is 3.43. The van der Waals surface area contributed by atoms with E-state index >= 15 is 0 Å². The molecule has 0 bridgehead atoms. The van der Waals surface area contributed by atoms with E-state index in [-0.39, 0.29) is 6.61 Å². The van der Waals surface area contributed by atoms with E-state index in [1.807, 2.05) is 13.0 Å². The third-order valence-corrected chi connectivity index (χ3v) is 2.44. The number of halogens is 1. The molecular formula is C11H16ClNO2. The highest BCUT2D eigenvalue weighted by Gasteiger charge is 2.04. The van der Waals surface area contributed by atoms with Gasteiger partial charge in [-0.2, -0.15) is 0 Å². The number of hydrogen-bond donors (Lipinski definition) is 2. The molecule has 0 aromatic heterocycles. The molecule has 0 heterocycles. The molecule has 0 aliphatic heterocycles. The minimum absolute atomic E-state index is 0.280. The molecule has 1 atom stereocenters. The van der Waals surface area contributed by atoms with Gasteiger partial charge in [-0.25, -0.2) is 0 Å². The van der Waals surface area contributed by atoms with Gasteiger partial charge < -0.3 is 15.2 Å². The summed E-state index contributed by atoms with van der Waals surface area (Å²) in [5.41, 5.74) is 0.970. The Morgan fingerprint density at radius 1 is 1.53 bits per heavy atom. The Morgan fingerprint density at radius 2 is 2.27 bits per heavy atom. The fraction of sp³-hybridized carbons (Fsp3) is 0.455. The average Bonchev–Trinajstić information content (AvgIpc) is 2.20. The van der Waals surface area contributed by atoms with Crippen molar-refractivity contribution in [2.45, 2.75) is 13.0 Å². The van der Waals surface area contributed by atoms with Crippen LogP contribution in [0.2, 0.25) is 5.02 Å². The first-order chi connectivity index (χ1) is 7.13. The molecule has 84 valence electrons. The molecule has 1 aromatic rings. The molecule has 0 saturated heterocycles. The molecule has 0 aliphatic rings. The molecule has 4 heteroatoms. The number of aliphatic hydroxyl groups is 1. The highest BCUT2D eigenvalue weighted by atomic mass is 35.5. The number of benzene rings is 1. The molecular weight excluding hydrogens is 214 g/mol. The van der Waals surface area contributed by atoms with Crippen molar-refractivity contribution in [3.05, 3.63) is 28.8 Å². The van der Waals surface area contributed by atoms with Crippen LogP contribution in [0.1, 0.15) is 5.56 Å². The van der Waals surface area contributed by atoms with E-state index in [0.29, 0.717) is 6.54 Å². The lowest BCUT2D eigenvalue weighted by Gasteiger charge is -2.12. The molecule has 0 amide bonds. The summed E-state index contributed by atoms with van der Waals surface area (Å²) >= 11 is 5.88. The summed E-state index contributed by atoms with van der Waals surface area (Å²) in [5, 5.41) is 13.0. The first kappa shape index (κ1) is 12.3. The van der Waals surface area contributed by atoms with Gasteiger partial charge in [0.2, 0.25) is 0 Å². The number of aryl methyl sites for hydroxylation is 1. The maximum absolute atomic E-state index is 9.42. The zero-order valence-electron chi connectivity index (χ0n) is 8.96. The molecule has 0 aliphatic carbocycles. The van der Waals surface area contributed by atoms with E-state index in [1.54, 1.807) is 19.2 Å². The van der Waals surface area contributed by atoms with Crippen molar-refractivity contribution in [3.63, 3.8) is 0 Å². The Bertz CT molecular complexity index is 317. The van der Waals surface area contributed by atoms with Crippen molar-refractivity contribution in [1.29, 1.82) is 0 Å². The minimum Gasteiger partial charge on any atom is -0.491 e. The molecule has 15 heavy (non-hydrogen) atoms. The smallest absolute Gasteiger partial charge is 0.119 e. The molecule has 0 spiro atoms. The summed E-state index contributed by atoms with van der Waals surface area (Å²) in [5.74, 6) is 0.729. The quantitative estimate of drug-likeness (QED) is 0.806. The summed E-state index contributed by atoms with van der Waals surface area (Å²) in [6, 6.07) is 5.44. The van der Waals surface area contributed by atoms with E-state index in [1.165, 1.54) is 0 Å². The van der Waals surface area contributed by atoms with E-state index in [0.717, 1.165) is 16.3 Å². The fourth-order valence-electron chi connectivity index (χ4n) is 1.19. The second-order valence-corrected chi connectivity index (χ2v) is 3.84. The highest BCUT2D eigenvalue weighted by molar-refractivity contribution is 6.31. The van der Waals surface area contributed by atoms with Crippen molar-refractivity contribution < 1.29 is 9.84 Å². The van der Waals surface area contributed by atoms with Gasteiger partial charge in [-0.1, -0.05) is 11.6 Å². The maximum Gasteiger partial charge on any atom is 0.119 e. The number of likely N-dealkylation sites (N-methyl/N-ethyl adjacent to an activating group) is 1. The number of nitrogens with one attached hydrogen (secondary N) is 1. The molecule has 0 fully saturated rings. The SMILES string of the molecule is CNC[C@@H](O)COc1ccc(Cl)c(C)c1. The van der Waals surface area contributed by atoms with Crippen LogP contribution < -0.4 is 10.1 Å². The van der Waals surface area contributed by atoms with Gasteiger partial charge in [0.25, 0.3) is 0 Å². The summed E-state index contributed by atoms with van der Waals surface area (Å²) in [6.07, 6.45) is -0.494. The van der Waals surface area contributed by atoms with E-state index < -0.39 is 6.10 Å². The number of hydrogen-bond acceptors (Lipinski definition) is 3. The van der Waals surface area contributed by atoms with Crippen LogP contribution in [-0.4, -0.2) is 31.4 Å². The van der Waals surface area contributed by atoms with Crippen LogP contribution in [0.3, 0.4) is 0 Å². The Kier molecular flexibility index (Phi) is 4.88. The first-order valence-corrected chi connectivity index (χ1v) is 5.23. The molecule has 1 rings (SSSR count). The van der Waals surface area contributed by atoms with Gasteiger partial charge in [0.15, 0.2) is 0 Å². The summed E-state index contributed by atoms with van der Waals surface area (Å²) in [4.78, 5) is 0. The van der Waals surface area contributed by atoms with Crippen LogP contribution in [0.5, 0.6) is 5.75 Å². The van der Waals surface area contributed by atoms with Crippen molar-refractivity contribution in [2.75, 3.05) is 20.2 Å². The molecule has 1 aromatic carbocycles. The first-order valence-electron chi connectivity index (χ1n) is 4.85. The van der Waals surface area contributed by atoms with Crippen LogP contribution in [0.15, 0.2) is 18.2 Å². The van der Waals surface area contributed by atoms with Gasteiger partial charge in [0.05, 0.1) is 0 Å². The lowest BCUT2D eigenvalue weighted by atomic mass is 10.2. The maximum atomic E-state index is 9.42. The van der Waals surface area contributed by atoms with Crippen LogP contribution >= 0.6 is 11.6 Å². The van der Waals surface area contributed by atoms with Crippen molar-refractivity contribution in [2.24, 2.45) is 0 Å². The van der Waals surface area contributed by atoms with Crippen LogP contribution in [0.4, 0.5) is 0 Å². The Hall–Kier alpha value is -0.770. The normalized spacial score (nSPS) is 12.5. The molecule has 3 nitrogen and oxygen atoms in total.